The van der Waals surface area contributed by atoms with Gasteiger partial charge in [-0.1, -0.05) is 50.7 Å². The van der Waals surface area contributed by atoms with E-state index in [9.17, 15) is 4.79 Å². The van der Waals surface area contributed by atoms with E-state index in [4.69, 9.17) is 0 Å². The number of benzene rings is 1. The summed E-state index contributed by atoms with van der Waals surface area (Å²) in [4.78, 5) is 23.1. The first-order valence-corrected chi connectivity index (χ1v) is 13.2. The van der Waals surface area contributed by atoms with Crippen molar-refractivity contribution in [2.45, 2.75) is 95.2 Å². The molecule has 3 fully saturated rings. The maximum absolute atomic E-state index is 13.0. The quantitative estimate of drug-likeness (QED) is 0.490. The third kappa shape index (κ3) is 6.34. The van der Waals surface area contributed by atoms with Crippen LogP contribution in [0.2, 0.25) is 0 Å². The predicted molar refractivity (Wildman–Crippen MR) is 146 cm³/mol. The number of nitrogens with zero attached hydrogens (tertiary/aromatic N) is 4. The van der Waals surface area contributed by atoms with Crippen LogP contribution in [0.1, 0.15) is 83.1 Å². The molecule has 2 aromatic rings. The van der Waals surface area contributed by atoms with Crippen molar-refractivity contribution >= 4 is 35.7 Å². The molecule has 1 saturated heterocycles. The molecule has 1 aromatic heterocycles. The Kier molecular flexibility index (Phi) is 10.7. The summed E-state index contributed by atoms with van der Waals surface area (Å²) in [5.74, 6) is 0. The molecule has 0 bridgehead atoms. The van der Waals surface area contributed by atoms with Gasteiger partial charge in [-0.05, 0) is 50.7 Å². The Bertz CT molecular complexity index is 914. The molecule has 0 atom stereocenters. The van der Waals surface area contributed by atoms with Crippen LogP contribution in [0.5, 0.6) is 0 Å². The molecule has 1 aliphatic heterocycles. The molecule has 5 nitrogen and oxygen atoms in total. The summed E-state index contributed by atoms with van der Waals surface area (Å²) in [5.41, 5.74) is 0.923. The van der Waals surface area contributed by atoms with Crippen molar-refractivity contribution in [2.24, 2.45) is 0 Å². The molecule has 0 N–H and O–H groups in total. The normalized spacial score (nSPS) is 21.3. The topological polar surface area (TPSA) is 41.4 Å². The van der Waals surface area contributed by atoms with Gasteiger partial charge in [-0.3, -0.25) is 14.3 Å². The van der Waals surface area contributed by atoms with Gasteiger partial charge in [0.2, 0.25) is 0 Å². The van der Waals surface area contributed by atoms with Gasteiger partial charge < -0.3 is 4.90 Å². The van der Waals surface area contributed by atoms with E-state index in [2.05, 4.69) is 14.8 Å². The van der Waals surface area contributed by atoms with E-state index in [0.29, 0.717) is 0 Å². The van der Waals surface area contributed by atoms with E-state index in [1.165, 1.54) is 77.3 Å². The van der Waals surface area contributed by atoms with E-state index in [0.717, 1.165) is 48.9 Å². The first-order chi connectivity index (χ1) is 15.8. The molecular formula is C27H42Cl2N4O. The highest BCUT2D eigenvalue weighted by Gasteiger charge is 2.29. The Balaban J connectivity index is 0.00000162. The fourth-order valence-electron chi connectivity index (χ4n) is 6.51. The van der Waals surface area contributed by atoms with Crippen LogP contribution in [0.3, 0.4) is 0 Å². The summed E-state index contributed by atoms with van der Waals surface area (Å²) in [6, 6.07) is 9.64. The highest BCUT2D eigenvalue weighted by atomic mass is 35.5. The fourth-order valence-corrected chi connectivity index (χ4v) is 6.51. The van der Waals surface area contributed by atoms with Gasteiger partial charge in [0.05, 0.1) is 17.2 Å². The van der Waals surface area contributed by atoms with Crippen LogP contribution in [0, 0.1) is 0 Å². The molecule has 2 heterocycles. The van der Waals surface area contributed by atoms with Crippen molar-refractivity contribution < 1.29 is 0 Å². The Morgan fingerprint density at radius 1 is 0.824 bits per heavy atom. The number of halogens is 2. The number of piperidine rings is 1. The molecular weight excluding hydrogens is 467 g/mol. The summed E-state index contributed by atoms with van der Waals surface area (Å²) in [6.45, 7) is 4.60. The van der Waals surface area contributed by atoms with Crippen molar-refractivity contribution in [3.05, 3.63) is 40.9 Å². The summed E-state index contributed by atoms with van der Waals surface area (Å²) in [7, 11) is 0. The van der Waals surface area contributed by atoms with Gasteiger partial charge in [-0.2, -0.15) is 0 Å². The number of likely N-dealkylation sites (tertiary alicyclic amines) is 1. The van der Waals surface area contributed by atoms with Crippen LogP contribution in [0.25, 0.3) is 10.9 Å². The molecule has 190 valence electrons. The van der Waals surface area contributed by atoms with Crippen molar-refractivity contribution in [1.82, 2.24) is 19.4 Å². The molecule has 2 aliphatic carbocycles. The standard InChI is InChI=1S/C27H40N4O.2ClH/c32-27-25-13-7-8-14-26(25)28-21-31(27)24-15-17-29(18-16-24)19-20-30(22-9-3-1-4-10-22)23-11-5-2-6-12-23;;/h7-8,13-14,21-24H,1-6,9-12,15-20H2;2*1H. The Hall–Kier alpha value is -1.14. The Labute approximate surface area is 217 Å². The average Bonchev–Trinajstić information content (AvgIpc) is 2.86. The van der Waals surface area contributed by atoms with E-state index in [1.54, 1.807) is 6.33 Å². The van der Waals surface area contributed by atoms with Crippen molar-refractivity contribution in [1.29, 1.82) is 0 Å². The number of aromatic nitrogens is 2. The van der Waals surface area contributed by atoms with Gasteiger partial charge in [0, 0.05) is 44.3 Å². The molecule has 5 rings (SSSR count). The second-order valence-electron chi connectivity index (χ2n) is 10.4. The minimum Gasteiger partial charge on any atom is -0.302 e. The molecule has 2 saturated carbocycles. The van der Waals surface area contributed by atoms with Crippen LogP contribution in [0.4, 0.5) is 0 Å². The van der Waals surface area contributed by atoms with Crippen LogP contribution in [-0.4, -0.2) is 57.6 Å². The van der Waals surface area contributed by atoms with Gasteiger partial charge in [-0.15, -0.1) is 24.8 Å². The number of hydrogen-bond donors (Lipinski definition) is 0. The van der Waals surface area contributed by atoms with Gasteiger partial charge in [0.25, 0.3) is 5.56 Å². The monoisotopic (exact) mass is 508 g/mol. The smallest absolute Gasteiger partial charge is 0.261 e. The lowest BCUT2D eigenvalue weighted by Crippen LogP contribution is -2.49. The van der Waals surface area contributed by atoms with Crippen molar-refractivity contribution in [2.75, 3.05) is 26.2 Å². The van der Waals surface area contributed by atoms with E-state index >= 15 is 0 Å². The first kappa shape index (κ1) is 27.4. The SMILES string of the molecule is Cl.Cl.O=c1c2ccccc2ncn1C1CCN(CCN(C2CCCCC2)C2CCCCC2)CC1. The Morgan fingerprint density at radius 3 is 2.03 bits per heavy atom. The minimum atomic E-state index is 0. The molecule has 34 heavy (non-hydrogen) atoms. The second-order valence-corrected chi connectivity index (χ2v) is 10.4. The predicted octanol–water partition coefficient (Wildman–Crippen LogP) is 5.84. The lowest BCUT2D eigenvalue weighted by atomic mass is 9.88. The van der Waals surface area contributed by atoms with Crippen molar-refractivity contribution in [3.63, 3.8) is 0 Å². The van der Waals surface area contributed by atoms with Gasteiger partial charge in [0.15, 0.2) is 0 Å². The van der Waals surface area contributed by atoms with E-state index in [1.807, 2.05) is 28.8 Å². The number of rotatable bonds is 6. The minimum absolute atomic E-state index is 0. The van der Waals surface area contributed by atoms with Gasteiger partial charge in [0.1, 0.15) is 0 Å². The second kappa shape index (κ2) is 13.2. The third-order valence-electron chi connectivity index (χ3n) is 8.40. The average molecular weight is 510 g/mol. The number of para-hydroxylation sites is 1. The highest BCUT2D eigenvalue weighted by Crippen LogP contribution is 2.30. The zero-order valence-corrected chi connectivity index (χ0v) is 22.1. The third-order valence-corrected chi connectivity index (χ3v) is 8.40. The first-order valence-electron chi connectivity index (χ1n) is 13.2. The van der Waals surface area contributed by atoms with Crippen LogP contribution < -0.4 is 5.56 Å². The Morgan fingerprint density at radius 2 is 1.41 bits per heavy atom. The molecule has 7 heteroatoms. The summed E-state index contributed by atoms with van der Waals surface area (Å²) in [6.07, 6.45) is 18.1. The zero-order valence-electron chi connectivity index (χ0n) is 20.4. The lowest BCUT2D eigenvalue weighted by molar-refractivity contribution is 0.0625. The zero-order chi connectivity index (χ0) is 21.8. The lowest BCUT2D eigenvalue weighted by Gasteiger charge is -2.43. The molecule has 0 radical (unpaired) electrons. The molecule has 3 aliphatic rings. The summed E-state index contributed by atoms with van der Waals surface area (Å²) >= 11 is 0. The molecule has 0 spiro atoms. The maximum Gasteiger partial charge on any atom is 0.261 e. The maximum atomic E-state index is 13.0. The van der Waals surface area contributed by atoms with Gasteiger partial charge in [-0.25, -0.2) is 4.98 Å². The van der Waals surface area contributed by atoms with E-state index in [-0.39, 0.29) is 36.4 Å². The number of fused-ring (bicyclic) bond motifs is 1. The molecule has 1 aromatic carbocycles. The molecule has 0 amide bonds. The largest absolute Gasteiger partial charge is 0.302 e. The molecule has 0 unspecified atom stereocenters. The summed E-state index contributed by atoms with van der Waals surface area (Å²) < 4.78 is 1.90. The van der Waals surface area contributed by atoms with Gasteiger partial charge >= 0.3 is 0 Å². The summed E-state index contributed by atoms with van der Waals surface area (Å²) in [5, 5.41) is 0.744. The number of hydrogen-bond acceptors (Lipinski definition) is 4. The highest BCUT2D eigenvalue weighted by molar-refractivity contribution is 5.85. The van der Waals surface area contributed by atoms with Crippen molar-refractivity contribution in [3.8, 4) is 0 Å². The van der Waals surface area contributed by atoms with Crippen LogP contribution >= 0.6 is 24.8 Å². The van der Waals surface area contributed by atoms with E-state index < -0.39 is 0 Å². The fraction of sp³-hybridized carbons (Fsp3) is 0.704. The van der Waals surface area contributed by atoms with Crippen LogP contribution in [-0.2, 0) is 0 Å². The van der Waals surface area contributed by atoms with Crippen LogP contribution in [0.15, 0.2) is 35.4 Å².